The van der Waals surface area contributed by atoms with Crippen LogP contribution in [-0.2, 0) is 0 Å². The van der Waals surface area contributed by atoms with Gasteiger partial charge in [-0.3, -0.25) is 10.1 Å². The van der Waals surface area contributed by atoms with Gasteiger partial charge in [-0.05, 0) is 13.0 Å². The van der Waals surface area contributed by atoms with Crippen LogP contribution in [0.1, 0.15) is 6.92 Å². The topological polar surface area (TPSA) is 63.0 Å². The summed E-state index contributed by atoms with van der Waals surface area (Å²) in [4.78, 5) is 12.7. The lowest BCUT2D eigenvalue weighted by Crippen LogP contribution is -2.94. The fourth-order valence-corrected chi connectivity index (χ4v) is 2.13. The average molecular weight is 222 g/mol. The van der Waals surface area contributed by atoms with Gasteiger partial charge in [-0.15, -0.1) is 0 Å². The Labute approximate surface area is 94.2 Å². The molecular weight excluding hydrogens is 206 g/mol. The van der Waals surface area contributed by atoms with Crippen molar-refractivity contribution in [3.63, 3.8) is 0 Å². The molecule has 5 nitrogen and oxygen atoms in total. The number of quaternary nitrogens is 1. The maximum absolute atomic E-state index is 10.9. The molecule has 86 valence electrons. The zero-order valence-electron chi connectivity index (χ0n) is 9.30. The third-order valence-electron chi connectivity index (χ3n) is 2.90. The van der Waals surface area contributed by atoms with Gasteiger partial charge in [0.1, 0.15) is 11.7 Å². The van der Waals surface area contributed by atoms with Crippen molar-refractivity contribution in [3.8, 4) is 0 Å². The predicted molar refractivity (Wildman–Crippen MR) is 61.6 cm³/mol. The molecule has 0 aromatic heterocycles. The second kappa shape index (κ2) is 4.49. The van der Waals surface area contributed by atoms with E-state index in [0.717, 1.165) is 25.3 Å². The summed E-state index contributed by atoms with van der Waals surface area (Å²) in [5, 5.41) is 13.2. The first-order chi connectivity index (χ1) is 7.68. The number of hydrogen-bond acceptors (Lipinski definition) is 3. The first-order valence-electron chi connectivity index (χ1n) is 5.50. The fraction of sp³-hybridized carbons (Fsp3) is 0.455. The Balaban J connectivity index is 2.28. The molecule has 1 fully saturated rings. The van der Waals surface area contributed by atoms with Crippen LogP contribution in [0.5, 0.6) is 0 Å². The van der Waals surface area contributed by atoms with Gasteiger partial charge in [-0.1, -0.05) is 12.1 Å². The van der Waals surface area contributed by atoms with Gasteiger partial charge in [-0.25, -0.2) is 0 Å². The highest BCUT2D eigenvalue weighted by molar-refractivity contribution is 5.63. The number of nitrogens with two attached hydrogens (primary N) is 1. The van der Waals surface area contributed by atoms with E-state index in [1.165, 1.54) is 0 Å². The van der Waals surface area contributed by atoms with E-state index in [-0.39, 0.29) is 10.6 Å². The summed E-state index contributed by atoms with van der Waals surface area (Å²) in [6.07, 6.45) is 0. The molecule has 0 aliphatic carbocycles. The Bertz CT molecular complexity index is 395. The van der Waals surface area contributed by atoms with E-state index in [9.17, 15) is 10.1 Å². The molecule has 1 aliphatic heterocycles. The summed E-state index contributed by atoms with van der Waals surface area (Å²) in [6, 6.07) is 7.45. The van der Waals surface area contributed by atoms with Gasteiger partial charge < -0.3 is 10.2 Å². The van der Waals surface area contributed by atoms with Gasteiger partial charge in [0.15, 0.2) is 0 Å². The molecule has 0 radical (unpaired) electrons. The summed E-state index contributed by atoms with van der Waals surface area (Å²) in [5.74, 6) is 0. The number of piperazine rings is 1. The van der Waals surface area contributed by atoms with Crippen molar-refractivity contribution < 1.29 is 10.2 Å². The number of para-hydroxylation sites is 2. The summed E-state index contributed by atoms with van der Waals surface area (Å²) < 4.78 is 0. The first-order valence-corrected chi connectivity index (χ1v) is 5.50. The van der Waals surface area contributed by atoms with Gasteiger partial charge in [0.2, 0.25) is 0 Å². The highest BCUT2D eigenvalue weighted by atomic mass is 16.6. The maximum atomic E-state index is 10.9. The average Bonchev–Trinajstić information content (AvgIpc) is 2.29. The van der Waals surface area contributed by atoms with E-state index in [4.69, 9.17) is 0 Å². The SMILES string of the molecule is C[C@H]1CN(c2ccccc2[N+](=O)[O-])CC[NH2+]1. The lowest BCUT2D eigenvalue weighted by Gasteiger charge is -2.30. The Morgan fingerprint density at radius 1 is 1.50 bits per heavy atom. The molecule has 16 heavy (non-hydrogen) atoms. The van der Waals surface area contributed by atoms with Crippen LogP contribution in [-0.4, -0.2) is 30.6 Å². The van der Waals surface area contributed by atoms with Crippen LogP contribution >= 0.6 is 0 Å². The van der Waals surface area contributed by atoms with Crippen molar-refractivity contribution in [1.82, 2.24) is 0 Å². The van der Waals surface area contributed by atoms with Crippen molar-refractivity contribution in [2.45, 2.75) is 13.0 Å². The number of anilines is 1. The van der Waals surface area contributed by atoms with E-state index in [1.54, 1.807) is 12.1 Å². The maximum Gasteiger partial charge on any atom is 0.292 e. The number of benzene rings is 1. The molecule has 1 saturated heterocycles. The molecule has 0 bridgehead atoms. The van der Waals surface area contributed by atoms with E-state index in [2.05, 4.69) is 17.1 Å². The van der Waals surface area contributed by atoms with Gasteiger partial charge in [-0.2, -0.15) is 0 Å². The number of nitrogens with zero attached hydrogens (tertiary/aromatic N) is 2. The molecule has 1 heterocycles. The molecule has 0 saturated carbocycles. The standard InChI is InChI=1S/C11H15N3O2/c1-9-8-13(7-6-12-9)10-4-2-3-5-11(10)14(15)16/h2-5,9,12H,6-8H2,1H3/p+1/t9-/m0/s1. The van der Waals surface area contributed by atoms with Gasteiger partial charge in [0.05, 0.1) is 24.6 Å². The Morgan fingerprint density at radius 3 is 2.94 bits per heavy atom. The third kappa shape index (κ3) is 2.14. The highest BCUT2D eigenvalue weighted by Crippen LogP contribution is 2.27. The molecule has 0 unspecified atom stereocenters. The number of nitro groups is 1. The molecule has 2 N–H and O–H groups in total. The molecule has 5 heteroatoms. The monoisotopic (exact) mass is 222 g/mol. The van der Waals surface area contributed by atoms with Crippen molar-refractivity contribution in [1.29, 1.82) is 0 Å². The molecule has 2 rings (SSSR count). The third-order valence-corrected chi connectivity index (χ3v) is 2.90. The number of nitro benzene ring substituents is 1. The Kier molecular flexibility index (Phi) is 3.05. The van der Waals surface area contributed by atoms with Crippen LogP contribution < -0.4 is 10.2 Å². The van der Waals surface area contributed by atoms with Gasteiger partial charge in [0.25, 0.3) is 5.69 Å². The molecular formula is C11H16N3O2+. The predicted octanol–water partition coefficient (Wildman–Crippen LogP) is 0.367. The van der Waals surface area contributed by atoms with Crippen LogP contribution in [0, 0.1) is 10.1 Å². The summed E-state index contributed by atoms with van der Waals surface area (Å²) in [6.45, 7) is 4.87. The summed E-state index contributed by atoms with van der Waals surface area (Å²) in [5.41, 5.74) is 0.948. The molecule has 1 aliphatic rings. The van der Waals surface area contributed by atoms with Crippen molar-refractivity contribution >= 4 is 11.4 Å². The van der Waals surface area contributed by atoms with E-state index < -0.39 is 0 Å². The molecule has 1 atom stereocenters. The zero-order chi connectivity index (χ0) is 11.5. The fourth-order valence-electron chi connectivity index (χ4n) is 2.13. The number of hydrogen-bond donors (Lipinski definition) is 1. The van der Waals surface area contributed by atoms with Crippen molar-refractivity contribution in [2.24, 2.45) is 0 Å². The second-order valence-corrected chi connectivity index (χ2v) is 4.19. The second-order valence-electron chi connectivity index (χ2n) is 4.19. The number of rotatable bonds is 2. The highest BCUT2D eigenvalue weighted by Gasteiger charge is 2.24. The minimum Gasteiger partial charge on any atom is -0.354 e. The quantitative estimate of drug-likeness (QED) is 0.580. The minimum atomic E-state index is -0.307. The van der Waals surface area contributed by atoms with Crippen molar-refractivity contribution in [3.05, 3.63) is 34.4 Å². The van der Waals surface area contributed by atoms with Crippen LogP contribution in [0.4, 0.5) is 11.4 Å². The Hall–Kier alpha value is -1.62. The van der Waals surface area contributed by atoms with Gasteiger partial charge in [0, 0.05) is 6.07 Å². The Morgan fingerprint density at radius 2 is 2.25 bits per heavy atom. The van der Waals surface area contributed by atoms with E-state index in [0.29, 0.717) is 6.04 Å². The van der Waals surface area contributed by atoms with Crippen molar-refractivity contribution in [2.75, 3.05) is 24.5 Å². The van der Waals surface area contributed by atoms with E-state index in [1.807, 2.05) is 12.1 Å². The summed E-state index contributed by atoms with van der Waals surface area (Å²) in [7, 11) is 0. The smallest absolute Gasteiger partial charge is 0.292 e. The molecule has 0 spiro atoms. The minimum absolute atomic E-state index is 0.205. The molecule has 1 aromatic carbocycles. The molecule has 0 amide bonds. The normalized spacial score (nSPS) is 20.8. The summed E-state index contributed by atoms with van der Waals surface area (Å²) >= 11 is 0. The lowest BCUT2D eigenvalue weighted by molar-refractivity contribution is -0.687. The lowest BCUT2D eigenvalue weighted by atomic mass is 10.2. The van der Waals surface area contributed by atoms with Crippen LogP contribution in [0.25, 0.3) is 0 Å². The van der Waals surface area contributed by atoms with Crippen LogP contribution in [0.15, 0.2) is 24.3 Å². The van der Waals surface area contributed by atoms with Crippen LogP contribution in [0.2, 0.25) is 0 Å². The molecule has 1 aromatic rings. The first kappa shape index (κ1) is 10.9. The van der Waals surface area contributed by atoms with E-state index >= 15 is 0 Å². The zero-order valence-corrected chi connectivity index (χ0v) is 9.30. The van der Waals surface area contributed by atoms with Crippen LogP contribution in [0.3, 0.4) is 0 Å². The van der Waals surface area contributed by atoms with Gasteiger partial charge >= 0.3 is 0 Å². The largest absolute Gasteiger partial charge is 0.354 e.